The standard InChI is InChI=1S/C16H15N5/c1-12-16-17-18-19-21(16)15-10-6-5-9-14(15)20(12)11-13-7-3-2-4-8-13/h2-10,12H,11H2,1H3. The number of rotatable bonds is 2. The first-order valence-electron chi connectivity index (χ1n) is 7.03. The molecule has 3 aromatic rings. The predicted molar refractivity (Wildman–Crippen MR) is 80.2 cm³/mol. The van der Waals surface area contributed by atoms with E-state index in [4.69, 9.17) is 0 Å². The molecule has 1 aliphatic heterocycles. The average molecular weight is 277 g/mol. The summed E-state index contributed by atoms with van der Waals surface area (Å²) in [4.78, 5) is 2.34. The van der Waals surface area contributed by atoms with Crippen LogP contribution in [0.5, 0.6) is 0 Å². The normalized spacial score (nSPS) is 16.4. The molecule has 1 unspecified atom stereocenters. The first-order chi connectivity index (χ1) is 10.3. The van der Waals surface area contributed by atoms with Gasteiger partial charge in [0.1, 0.15) is 0 Å². The molecule has 4 rings (SSSR count). The van der Waals surface area contributed by atoms with Gasteiger partial charge in [-0.25, -0.2) is 0 Å². The molecule has 0 aliphatic carbocycles. The number of aromatic nitrogens is 4. The van der Waals surface area contributed by atoms with Crippen molar-refractivity contribution < 1.29 is 0 Å². The van der Waals surface area contributed by atoms with Crippen molar-refractivity contribution in [3.05, 3.63) is 66.0 Å². The van der Waals surface area contributed by atoms with E-state index >= 15 is 0 Å². The summed E-state index contributed by atoms with van der Waals surface area (Å²) >= 11 is 0. The Morgan fingerprint density at radius 3 is 2.48 bits per heavy atom. The Balaban J connectivity index is 1.81. The van der Waals surface area contributed by atoms with Gasteiger partial charge in [-0.3, -0.25) is 0 Å². The molecule has 2 heterocycles. The Morgan fingerprint density at radius 2 is 1.67 bits per heavy atom. The summed E-state index contributed by atoms with van der Waals surface area (Å²) in [6.45, 7) is 2.98. The van der Waals surface area contributed by atoms with Gasteiger partial charge in [0, 0.05) is 6.54 Å². The minimum absolute atomic E-state index is 0.134. The number of para-hydroxylation sites is 2. The minimum atomic E-state index is 0.134. The molecule has 1 aliphatic rings. The third kappa shape index (κ3) is 1.89. The molecule has 0 radical (unpaired) electrons. The molecule has 0 fully saturated rings. The maximum absolute atomic E-state index is 4.19. The van der Waals surface area contributed by atoms with Crippen LogP contribution in [0, 0.1) is 0 Å². The van der Waals surface area contributed by atoms with Crippen LogP contribution in [-0.2, 0) is 6.54 Å². The molecule has 0 saturated heterocycles. The van der Waals surface area contributed by atoms with Crippen LogP contribution >= 0.6 is 0 Å². The first kappa shape index (κ1) is 12.1. The smallest absolute Gasteiger partial charge is 0.178 e. The number of tetrazole rings is 1. The Kier molecular flexibility index (Phi) is 2.70. The van der Waals surface area contributed by atoms with Crippen molar-refractivity contribution in [3.63, 3.8) is 0 Å². The fraction of sp³-hybridized carbons (Fsp3) is 0.188. The highest BCUT2D eigenvalue weighted by Crippen LogP contribution is 2.37. The van der Waals surface area contributed by atoms with Gasteiger partial charge in [0.05, 0.1) is 17.4 Å². The number of hydrogen-bond donors (Lipinski definition) is 0. The summed E-state index contributed by atoms with van der Waals surface area (Å²) in [7, 11) is 0. The van der Waals surface area contributed by atoms with Crippen LogP contribution in [-0.4, -0.2) is 20.2 Å². The zero-order chi connectivity index (χ0) is 14.2. The minimum Gasteiger partial charge on any atom is -0.355 e. The van der Waals surface area contributed by atoms with E-state index in [1.165, 1.54) is 5.56 Å². The molecular formula is C16H15N5. The number of hydrogen-bond acceptors (Lipinski definition) is 4. The number of nitrogens with zero attached hydrogens (tertiary/aromatic N) is 5. The van der Waals surface area contributed by atoms with E-state index in [0.29, 0.717) is 0 Å². The zero-order valence-corrected chi connectivity index (χ0v) is 11.7. The molecule has 0 N–H and O–H groups in total. The van der Waals surface area contributed by atoms with E-state index in [1.54, 1.807) is 0 Å². The van der Waals surface area contributed by atoms with Crippen molar-refractivity contribution in [2.24, 2.45) is 0 Å². The van der Waals surface area contributed by atoms with Crippen molar-refractivity contribution in [3.8, 4) is 5.69 Å². The molecule has 5 heteroatoms. The van der Waals surface area contributed by atoms with E-state index in [-0.39, 0.29) is 6.04 Å². The first-order valence-corrected chi connectivity index (χ1v) is 7.03. The Hall–Kier alpha value is -2.69. The third-order valence-corrected chi connectivity index (χ3v) is 3.95. The molecule has 104 valence electrons. The Morgan fingerprint density at radius 1 is 0.952 bits per heavy atom. The molecule has 0 spiro atoms. The predicted octanol–water partition coefficient (Wildman–Crippen LogP) is 2.74. The summed E-state index contributed by atoms with van der Waals surface area (Å²) in [6, 6.07) is 18.9. The highest BCUT2D eigenvalue weighted by molar-refractivity contribution is 5.65. The molecule has 1 atom stereocenters. The van der Waals surface area contributed by atoms with Crippen LogP contribution in [0.4, 0.5) is 5.69 Å². The van der Waals surface area contributed by atoms with Gasteiger partial charge in [0.2, 0.25) is 0 Å². The zero-order valence-electron chi connectivity index (χ0n) is 11.7. The molecule has 0 bridgehead atoms. The van der Waals surface area contributed by atoms with E-state index in [0.717, 1.165) is 23.7 Å². The summed E-state index contributed by atoms with van der Waals surface area (Å²) in [5, 5.41) is 12.1. The third-order valence-electron chi connectivity index (χ3n) is 3.95. The number of benzene rings is 2. The second kappa shape index (κ2) is 4.70. The molecule has 2 aromatic carbocycles. The van der Waals surface area contributed by atoms with Gasteiger partial charge in [0.15, 0.2) is 5.82 Å². The van der Waals surface area contributed by atoms with Crippen LogP contribution in [0.1, 0.15) is 24.4 Å². The lowest BCUT2D eigenvalue weighted by Gasteiger charge is -2.35. The molecule has 0 saturated carbocycles. The van der Waals surface area contributed by atoms with Gasteiger partial charge in [-0.05, 0) is 35.0 Å². The van der Waals surface area contributed by atoms with Crippen molar-refractivity contribution in [2.45, 2.75) is 19.5 Å². The SMILES string of the molecule is CC1c2nnnn2-c2ccccc2N1Cc1ccccc1. The van der Waals surface area contributed by atoms with Gasteiger partial charge >= 0.3 is 0 Å². The second-order valence-corrected chi connectivity index (χ2v) is 5.23. The fourth-order valence-corrected chi connectivity index (χ4v) is 2.86. The van der Waals surface area contributed by atoms with Crippen LogP contribution in [0.25, 0.3) is 5.69 Å². The van der Waals surface area contributed by atoms with Gasteiger partial charge in [-0.2, -0.15) is 4.68 Å². The lowest BCUT2D eigenvalue weighted by atomic mass is 10.1. The van der Waals surface area contributed by atoms with Gasteiger partial charge in [-0.1, -0.05) is 42.5 Å². The van der Waals surface area contributed by atoms with E-state index in [1.807, 2.05) is 16.8 Å². The van der Waals surface area contributed by atoms with Gasteiger partial charge in [0.25, 0.3) is 0 Å². The Bertz CT molecular complexity index is 765. The highest BCUT2D eigenvalue weighted by Gasteiger charge is 2.30. The Labute approximate surface area is 122 Å². The summed E-state index contributed by atoms with van der Waals surface area (Å²) in [5.74, 6) is 0.879. The number of anilines is 1. The lowest BCUT2D eigenvalue weighted by Crippen LogP contribution is -2.33. The van der Waals surface area contributed by atoms with Crippen LogP contribution < -0.4 is 4.90 Å². The van der Waals surface area contributed by atoms with Crippen LogP contribution in [0.15, 0.2) is 54.6 Å². The van der Waals surface area contributed by atoms with Crippen molar-refractivity contribution in [2.75, 3.05) is 4.90 Å². The maximum Gasteiger partial charge on any atom is 0.178 e. The molecule has 0 amide bonds. The largest absolute Gasteiger partial charge is 0.355 e. The summed E-state index contributed by atoms with van der Waals surface area (Å²) < 4.78 is 1.83. The average Bonchev–Trinajstić information content (AvgIpc) is 3.02. The highest BCUT2D eigenvalue weighted by atomic mass is 15.6. The number of fused-ring (bicyclic) bond motifs is 3. The van der Waals surface area contributed by atoms with Gasteiger partial charge in [-0.15, -0.1) is 5.10 Å². The van der Waals surface area contributed by atoms with E-state index < -0.39 is 0 Å². The fourth-order valence-electron chi connectivity index (χ4n) is 2.86. The maximum atomic E-state index is 4.19. The molecule has 5 nitrogen and oxygen atoms in total. The second-order valence-electron chi connectivity index (χ2n) is 5.23. The van der Waals surface area contributed by atoms with Gasteiger partial charge < -0.3 is 4.90 Å². The quantitative estimate of drug-likeness (QED) is 0.722. The lowest BCUT2D eigenvalue weighted by molar-refractivity contribution is 0.583. The molecular weight excluding hydrogens is 262 g/mol. The van der Waals surface area contributed by atoms with Crippen molar-refractivity contribution in [1.82, 2.24) is 20.2 Å². The van der Waals surface area contributed by atoms with Crippen LogP contribution in [0.3, 0.4) is 0 Å². The van der Waals surface area contributed by atoms with E-state index in [9.17, 15) is 0 Å². The molecule has 1 aromatic heterocycles. The van der Waals surface area contributed by atoms with Crippen molar-refractivity contribution in [1.29, 1.82) is 0 Å². The summed E-state index contributed by atoms with van der Waals surface area (Å²) in [6.07, 6.45) is 0. The monoisotopic (exact) mass is 277 g/mol. The van der Waals surface area contributed by atoms with Crippen LogP contribution in [0.2, 0.25) is 0 Å². The van der Waals surface area contributed by atoms with E-state index in [2.05, 4.69) is 69.8 Å². The van der Waals surface area contributed by atoms with Crippen molar-refractivity contribution >= 4 is 5.69 Å². The summed E-state index contributed by atoms with van der Waals surface area (Å²) in [5.41, 5.74) is 3.47. The topological polar surface area (TPSA) is 46.8 Å². The molecule has 21 heavy (non-hydrogen) atoms.